The van der Waals surface area contributed by atoms with Gasteiger partial charge in [-0.3, -0.25) is 4.72 Å². The molecule has 0 radical (unpaired) electrons. The van der Waals surface area contributed by atoms with Crippen LogP contribution in [-0.4, -0.2) is 32.5 Å². The Morgan fingerprint density at radius 3 is 2.48 bits per heavy atom. The first kappa shape index (κ1) is 15.0. The molecular weight excluding hydrogens is 299 g/mol. The van der Waals surface area contributed by atoms with Crippen LogP contribution >= 0.6 is 0 Å². The summed E-state index contributed by atoms with van der Waals surface area (Å²) in [5.74, 6) is -0.156. The molecule has 0 amide bonds. The lowest BCUT2D eigenvalue weighted by atomic mass is 10.3. The third-order valence-corrected chi connectivity index (χ3v) is 3.89. The van der Waals surface area contributed by atoms with Crippen LogP contribution in [0, 0.1) is 5.82 Å². The number of sulfonamides is 1. The number of halogens is 1. The second kappa shape index (κ2) is 5.92. The van der Waals surface area contributed by atoms with Gasteiger partial charge in [-0.05, 0) is 12.1 Å². The molecule has 2 rings (SSSR count). The van der Waals surface area contributed by atoms with Gasteiger partial charge >= 0.3 is 0 Å². The predicted molar refractivity (Wildman–Crippen MR) is 75.3 cm³/mol. The van der Waals surface area contributed by atoms with E-state index >= 15 is 0 Å². The van der Waals surface area contributed by atoms with Crippen LogP contribution in [0.1, 0.15) is 0 Å². The number of nitrogens with zero attached hydrogens (tertiary/aromatic N) is 2. The van der Waals surface area contributed by atoms with Gasteiger partial charge in [-0.25, -0.2) is 22.8 Å². The molecule has 0 fully saturated rings. The van der Waals surface area contributed by atoms with Gasteiger partial charge < -0.3 is 10.1 Å². The van der Waals surface area contributed by atoms with Crippen LogP contribution in [0.2, 0.25) is 0 Å². The SMILES string of the molecule is CNc1ncc(S(=O)(=O)Nc2ccc(F)cc2OC)cn1. The number of benzene rings is 1. The standard InChI is InChI=1S/C12H13FN4O3S/c1-14-12-15-6-9(7-16-12)21(18,19)17-10-4-3-8(13)5-11(10)20-2/h3-7,17H,1-2H3,(H,14,15,16). The lowest BCUT2D eigenvalue weighted by Crippen LogP contribution is -2.14. The van der Waals surface area contributed by atoms with E-state index in [1.165, 1.54) is 13.2 Å². The Bertz CT molecular complexity index is 735. The van der Waals surface area contributed by atoms with E-state index in [1.54, 1.807) is 7.05 Å². The van der Waals surface area contributed by atoms with Crippen molar-refractivity contribution in [1.29, 1.82) is 0 Å². The lowest BCUT2D eigenvalue weighted by Gasteiger charge is -2.11. The third-order valence-electron chi connectivity index (χ3n) is 2.57. The van der Waals surface area contributed by atoms with Crippen molar-refractivity contribution in [3.63, 3.8) is 0 Å². The third kappa shape index (κ3) is 3.37. The van der Waals surface area contributed by atoms with Crippen LogP contribution in [0.15, 0.2) is 35.5 Å². The van der Waals surface area contributed by atoms with E-state index in [2.05, 4.69) is 20.0 Å². The van der Waals surface area contributed by atoms with Gasteiger partial charge in [-0.1, -0.05) is 0 Å². The summed E-state index contributed by atoms with van der Waals surface area (Å²) in [4.78, 5) is 7.54. The van der Waals surface area contributed by atoms with Gasteiger partial charge in [0.25, 0.3) is 10.0 Å². The summed E-state index contributed by atoms with van der Waals surface area (Å²) in [6.07, 6.45) is 2.33. The zero-order valence-corrected chi connectivity index (χ0v) is 12.1. The van der Waals surface area contributed by atoms with Crippen LogP contribution in [0.4, 0.5) is 16.0 Å². The van der Waals surface area contributed by atoms with E-state index in [9.17, 15) is 12.8 Å². The quantitative estimate of drug-likeness (QED) is 0.868. The smallest absolute Gasteiger partial charge is 0.265 e. The van der Waals surface area contributed by atoms with Gasteiger partial charge in [-0.2, -0.15) is 0 Å². The molecule has 7 nitrogen and oxygen atoms in total. The number of rotatable bonds is 5. The molecule has 0 aliphatic heterocycles. The Hall–Kier alpha value is -2.42. The van der Waals surface area contributed by atoms with Crippen molar-refractivity contribution < 1.29 is 17.5 Å². The highest BCUT2D eigenvalue weighted by Crippen LogP contribution is 2.27. The minimum absolute atomic E-state index is 0.0753. The van der Waals surface area contributed by atoms with Crippen LogP contribution in [-0.2, 0) is 10.0 Å². The topological polar surface area (TPSA) is 93.2 Å². The molecule has 2 aromatic rings. The second-order valence-electron chi connectivity index (χ2n) is 3.94. The zero-order chi connectivity index (χ0) is 15.5. The Kier molecular flexibility index (Phi) is 4.22. The normalized spacial score (nSPS) is 11.0. The summed E-state index contributed by atoms with van der Waals surface area (Å²) in [6, 6.07) is 3.48. The molecule has 1 aromatic carbocycles. The summed E-state index contributed by atoms with van der Waals surface area (Å²) < 4.78 is 44.7. The van der Waals surface area contributed by atoms with E-state index in [0.717, 1.165) is 24.5 Å². The van der Waals surface area contributed by atoms with E-state index in [4.69, 9.17) is 4.74 Å². The maximum absolute atomic E-state index is 13.1. The number of nitrogens with one attached hydrogen (secondary N) is 2. The average molecular weight is 312 g/mol. The zero-order valence-electron chi connectivity index (χ0n) is 11.3. The molecule has 2 N–H and O–H groups in total. The molecule has 1 heterocycles. The summed E-state index contributed by atoms with van der Waals surface area (Å²) in [6.45, 7) is 0. The summed E-state index contributed by atoms with van der Waals surface area (Å²) in [7, 11) is -0.956. The molecular formula is C12H13FN4O3S. The van der Waals surface area contributed by atoms with Crippen LogP contribution in [0.5, 0.6) is 5.75 Å². The van der Waals surface area contributed by atoms with Crippen molar-refractivity contribution in [2.45, 2.75) is 4.90 Å². The first-order valence-electron chi connectivity index (χ1n) is 5.82. The summed E-state index contributed by atoms with van der Waals surface area (Å²) in [5.41, 5.74) is 0.122. The van der Waals surface area contributed by atoms with Gasteiger partial charge in [0.05, 0.1) is 25.2 Å². The molecule has 1 aromatic heterocycles. The average Bonchev–Trinajstić information content (AvgIpc) is 2.49. The minimum Gasteiger partial charge on any atom is -0.494 e. The number of aromatic nitrogens is 2. The first-order chi connectivity index (χ1) is 9.96. The van der Waals surface area contributed by atoms with Crippen LogP contribution in [0.3, 0.4) is 0 Å². The number of methoxy groups -OCH3 is 1. The van der Waals surface area contributed by atoms with Crippen molar-refractivity contribution in [2.24, 2.45) is 0 Å². The highest BCUT2D eigenvalue weighted by molar-refractivity contribution is 7.92. The molecule has 0 saturated carbocycles. The fraction of sp³-hybridized carbons (Fsp3) is 0.167. The fourth-order valence-electron chi connectivity index (χ4n) is 1.54. The lowest BCUT2D eigenvalue weighted by molar-refractivity contribution is 0.413. The summed E-state index contributed by atoms with van der Waals surface area (Å²) in [5, 5.41) is 2.68. The van der Waals surface area contributed by atoms with E-state index in [1.807, 2.05) is 0 Å². The molecule has 0 aliphatic carbocycles. The summed E-state index contributed by atoms with van der Waals surface area (Å²) >= 11 is 0. The van der Waals surface area contributed by atoms with Crippen molar-refractivity contribution >= 4 is 21.7 Å². The highest BCUT2D eigenvalue weighted by atomic mass is 32.2. The van der Waals surface area contributed by atoms with Crippen LogP contribution < -0.4 is 14.8 Å². The van der Waals surface area contributed by atoms with Crippen molar-refractivity contribution in [3.8, 4) is 5.75 Å². The largest absolute Gasteiger partial charge is 0.494 e. The van der Waals surface area contributed by atoms with Crippen LogP contribution in [0.25, 0.3) is 0 Å². The van der Waals surface area contributed by atoms with E-state index < -0.39 is 15.8 Å². The maximum atomic E-state index is 13.1. The molecule has 21 heavy (non-hydrogen) atoms. The highest BCUT2D eigenvalue weighted by Gasteiger charge is 2.18. The monoisotopic (exact) mass is 312 g/mol. The number of anilines is 2. The Labute approximate surface area is 121 Å². The molecule has 0 atom stereocenters. The second-order valence-corrected chi connectivity index (χ2v) is 5.62. The van der Waals surface area contributed by atoms with Gasteiger partial charge in [0.1, 0.15) is 16.5 Å². The Balaban J connectivity index is 2.32. The van der Waals surface area contributed by atoms with Crippen molar-refractivity contribution in [1.82, 2.24) is 9.97 Å². The van der Waals surface area contributed by atoms with Gasteiger partial charge in [0, 0.05) is 13.1 Å². The Morgan fingerprint density at radius 1 is 1.24 bits per heavy atom. The molecule has 0 bridgehead atoms. The van der Waals surface area contributed by atoms with Gasteiger partial charge in [0.15, 0.2) is 0 Å². The van der Waals surface area contributed by atoms with Gasteiger partial charge in [0.2, 0.25) is 5.95 Å². The molecule has 0 unspecified atom stereocenters. The number of ether oxygens (including phenoxy) is 1. The van der Waals surface area contributed by atoms with Crippen molar-refractivity contribution in [2.75, 3.05) is 24.2 Å². The molecule has 0 saturated heterocycles. The maximum Gasteiger partial charge on any atom is 0.265 e. The Morgan fingerprint density at radius 2 is 1.90 bits per heavy atom. The molecule has 9 heteroatoms. The fourth-order valence-corrected chi connectivity index (χ4v) is 2.50. The van der Waals surface area contributed by atoms with Crippen molar-refractivity contribution in [3.05, 3.63) is 36.4 Å². The van der Waals surface area contributed by atoms with E-state index in [0.29, 0.717) is 5.95 Å². The molecule has 0 aliphatic rings. The molecule has 112 valence electrons. The predicted octanol–water partition coefficient (Wildman–Crippen LogP) is 1.47. The molecule has 0 spiro atoms. The van der Waals surface area contributed by atoms with E-state index in [-0.39, 0.29) is 16.3 Å². The number of hydrogen-bond acceptors (Lipinski definition) is 6. The first-order valence-corrected chi connectivity index (χ1v) is 7.31. The minimum atomic E-state index is -3.89. The number of hydrogen-bond donors (Lipinski definition) is 2. The van der Waals surface area contributed by atoms with Gasteiger partial charge in [-0.15, -0.1) is 0 Å².